The van der Waals surface area contributed by atoms with Gasteiger partial charge in [0.25, 0.3) is 5.91 Å². The summed E-state index contributed by atoms with van der Waals surface area (Å²) in [6.07, 6.45) is 6.21. The van der Waals surface area contributed by atoms with Gasteiger partial charge in [-0.05, 0) is 49.6 Å². The highest BCUT2D eigenvalue weighted by Crippen LogP contribution is 2.32. The van der Waals surface area contributed by atoms with E-state index in [9.17, 15) is 9.18 Å². The number of benzene rings is 2. The van der Waals surface area contributed by atoms with Crippen molar-refractivity contribution in [1.29, 1.82) is 0 Å². The first-order valence-corrected chi connectivity index (χ1v) is 11.4. The lowest BCUT2D eigenvalue weighted by Gasteiger charge is -2.30. The molecule has 0 spiro atoms. The van der Waals surface area contributed by atoms with Crippen molar-refractivity contribution in [2.75, 3.05) is 12.4 Å². The van der Waals surface area contributed by atoms with Gasteiger partial charge >= 0.3 is 0 Å². The molecule has 1 aliphatic carbocycles. The molecule has 1 fully saturated rings. The Morgan fingerprint density at radius 2 is 1.94 bits per heavy atom. The van der Waals surface area contributed by atoms with Crippen LogP contribution in [-0.2, 0) is 0 Å². The predicted molar refractivity (Wildman–Crippen MR) is 124 cm³/mol. The first kappa shape index (κ1) is 20.5. The quantitative estimate of drug-likeness (QED) is 0.466. The molecule has 1 amide bonds. The lowest BCUT2D eigenvalue weighted by atomic mass is 10.0. The van der Waals surface area contributed by atoms with Crippen LogP contribution in [0, 0.1) is 5.82 Å². The number of halogens is 1. The zero-order chi connectivity index (χ0) is 22.1. The number of carbonyl (C=O) groups excluding carboxylic acids is 1. The lowest BCUT2D eigenvalue weighted by molar-refractivity contribution is 0.0728. The Labute approximate surface area is 189 Å². The number of aromatic nitrogens is 3. The molecule has 6 nitrogen and oxygen atoms in total. The van der Waals surface area contributed by atoms with Gasteiger partial charge in [-0.2, -0.15) is 0 Å². The van der Waals surface area contributed by atoms with Crippen molar-refractivity contribution in [3.63, 3.8) is 0 Å². The van der Waals surface area contributed by atoms with Gasteiger partial charge in [-0.15, -0.1) is 0 Å². The molecule has 0 aliphatic heterocycles. The van der Waals surface area contributed by atoms with Gasteiger partial charge in [-0.25, -0.2) is 19.3 Å². The number of hydrogen-bond acceptors (Lipinski definition) is 6. The summed E-state index contributed by atoms with van der Waals surface area (Å²) >= 11 is 1.43. The maximum absolute atomic E-state index is 13.5. The Morgan fingerprint density at radius 3 is 2.78 bits per heavy atom. The molecule has 1 N–H and O–H groups in total. The molecule has 0 unspecified atom stereocenters. The number of nitrogens with zero attached hydrogens (tertiary/aromatic N) is 4. The van der Waals surface area contributed by atoms with E-state index in [1.165, 1.54) is 23.5 Å². The molecule has 0 bridgehead atoms. The Morgan fingerprint density at radius 1 is 1.12 bits per heavy atom. The summed E-state index contributed by atoms with van der Waals surface area (Å²) in [5, 5.41) is 4.25. The fourth-order valence-corrected chi connectivity index (χ4v) is 5.29. The Kier molecular flexibility index (Phi) is 5.53. The average Bonchev–Trinajstić information content (AvgIpc) is 3.45. The largest absolute Gasteiger partial charge is 0.357 e. The standard InChI is InChI=1S/C24H22FN5OS/c1-30(23(31)17-7-3-2-6-16(17)22-26-12-5-13-27-22)20-9-4-8-18(20)28-24-29-19-11-10-15(25)14-21(19)32-24/h2-3,5-7,10-14,18,20H,4,8-9H2,1H3,(H,28,29)/t18-,20-/m0/s1. The number of carbonyl (C=O) groups is 1. The number of nitrogens with one attached hydrogen (secondary N) is 1. The van der Waals surface area contributed by atoms with Crippen LogP contribution in [0.15, 0.2) is 60.9 Å². The van der Waals surface area contributed by atoms with Crippen LogP contribution in [0.1, 0.15) is 29.6 Å². The second kappa shape index (κ2) is 8.63. The predicted octanol–water partition coefficient (Wildman–Crippen LogP) is 5.00. The van der Waals surface area contributed by atoms with Gasteiger partial charge in [-0.3, -0.25) is 4.79 Å². The van der Waals surface area contributed by atoms with Gasteiger partial charge in [0.15, 0.2) is 11.0 Å². The molecule has 2 aromatic heterocycles. The summed E-state index contributed by atoms with van der Waals surface area (Å²) in [5.41, 5.74) is 2.08. The van der Waals surface area contributed by atoms with Gasteiger partial charge in [0.2, 0.25) is 0 Å². The molecule has 1 saturated carbocycles. The molecule has 162 valence electrons. The third-order valence-corrected chi connectivity index (χ3v) is 6.87. The van der Waals surface area contributed by atoms with Crippen molar-refractivity contribution < 1.29 is 9.18 Å². The molecule has 32 heavy (non-hydrogen) atoms. The van der Waals surface area contributed by atoms with Crippen LogP contribution in [-0.4, -0.2) is 44.9 Å². The van der Waals surface area contributed by atoms with E-state index in [-0.39, 0.29) is 23.8 Å². The smallest absolute Gasteiger partial charge is 0.254 e. The minimum atomic E-state index is -0.266. The number of hydrogen-bond donors (Lipinski definition) is 1. The highest BCUT2D eigenvalue weighted by Gasteiger charge is 2.34. The molecule has 2 heterocycles. The molecule has 5 rings (SSSR count). The zero-order valence-electron chi connectivity index (χ0n) is 17.5. The second-order valence-corrected chi connectivity index (χ2v) is 8.94. The number of fused-ring (bicyclic) bond motifs is 1. The normalized spacial score (nSPS) is 18.1. The van der Waals surface area contributed by atoms with Crippen LogP contribution >= 0.6 is 11.3 Å². The summed E-state index contributed by atoms with van der Waals surface area (Å²) < 4.78 is 14.3. The Bertz CT molecular complexity index is 1260. The number of anilines is 1. The van der Waals surface area contributed by atoms with E-state index in [2.05, 4.69) is 20.3 Å². The van der Waals surface area contributed by atoms with Gasteiger partial charge in [-0.1, -0.05) is 29.5 Å². The third kappa shape index (κ3) is 3.93. The monoisotopic (exact) mass is 447 g/mol. The molecular formula is C24H22FN5OS. The van der Waals surface area contributed by atoms with E-state index >= 15 is 0 Å². The number of likely N-dealkylation sites (N-methyl/N-ethyl adjacent to an activating group) is 1. The van der Waals surface area contributed by atoms with E-state index in [1.54, 1.807) is 24.5 Å². The maximum atomic E-state index is 13.5. The maximum Gasteiger partial charge on any atom is 0.254 e. The van der Waals surface area contributed by atoms with Gasteiger partial charge in [0.1, 0.15) is 5.82 Å². The lowest BCUT2D eigenvalue weighted by Crippen LogP contribution is -2.44. The Hall–Kier alpha value is -3.39. The summed E-state index contributed by atoms with van der Waals surface area (Å²) in [6.45, 7) is 0. The van der Waals surface area contributed by atoms with E-state index in [0.717, 1.165) is 40.2 Å². The molecule has 4 aromatic rings. The van der Waals surface area contributed by atoms with Crippen molar-refractivity contribution in [1.82, 2.24) is 19.9 Å². The molecular weight excluding hydrogens is 425 g/mol. The van der Waals surface area contributed by atoms with Crippen LogP contribution in [0.25, 0.3) is 21.6 Å². The van der Waals surface area contributed by atoms with Crippen molar-refractivity contribution in [3.05, 3.63) is 72.3 Å². The molecule has 1 aliphatic rings. The molecule has 2 atom stereocenters. The first-order chi connectivity index (χ1) is 15.6. The summed E-state index contributed by atoms with van der Waals surface area (Å²) in [7, 11) is 1.85. The van der Waals surface area contributed by atoms with Gasteiger partial charge in [0.05, 0.1) is 21.8 Å². The Balaban J connectivity index is 1.38. The summed E-state index contributed by atoms with van der Waals surface area (Å²) in [4.78, 5) is 28.5. The molecule has 0 saturated heterocycles. The van der Waals surface area contributed by atoms with Crippen LogP contribution in [0.5, 0.6) is 0 Å². The van der Waals surface area contributed by atoms with Crippen LogP contribution < -0.4 is 5.32 Å². The number of amides is 1. The van der Waals surface area contributed by atoms with Crippen LogP contribution in [0.4, 0.5) is 9.52 Å². The summed E-state index contributed by atoms with van der Waals surface area (Å²) in [5.74, 6) is 0.212. The average molecular weight is 448 g/mol. The highest BCUT2D eigenvalue weighted by molar-refractivity contribution is 7.22. The molecule has 0 radical (unpaired) electrons. The van der Waals surface area contributed by atoms with E-state index in [1.807, 2.05) is 36.2 Å². The number of thiazole rings is 1. The van der Waals surface area contributed by atoms with Crippen molar-refractivity contribution in [2.45, 2.75) is 31.3 Å². The van der Waals surface area contributed by atoms with E-state index in [0.29, 0.717) is 11.4 Å². The molecule has 2 aromatic carbocycles. The van der Waals surface area contributed by atoms with Crippen LogP contribution in [0.2, 0.25) is 0 Å². The minimum Gasteiger partial charge on any atom is -0.357 e. The molecule has 8 heteroatoms. The third-order valence-electron chi connectivity index (χ3n) is 5.92. The fraction of sp³-hybridized carbons (Fsp3) is 0.250. The SMILES string of the molecule is CN(C(=O)c1ccccc1-c1ncccn1)[C@H]1CCC[C@@H]1Nc1nc2ccc(F)cc2s1. The summed E-state index contributed by atoms with van der Waals surface area (Å²) in [6, 6.07) is 13.9. The minimum absolute atomic E-state index is 0.0241. The van der Waals surface area contributed by atoms with Crippen molar-refractivity contribution >= 4 is 32.6 Å². The number of rotatable bonds is 5. The van der Waals surface area contributed by atoms with Crippen molar-refractivity contribution in [2.24, 2.45) is 0 Å². The van der Waals surface area contributed by atoms with E-state index < -0.39 is 0 Å². The topological polar surface area (TPSA) is 71.0 Å². The van der Waals surface area contributed by atoms with E-state index in [4.69, 9.17) is 0 Å². The van der Waals surface area contributed by atoms with Crippen LogP contribution in [0.3, 0.4) is 0 Å². The highest BCUT2D eigenvalue weighted by atomic mass is 32.1. The van der Waals surface area contributed by atoms with Gasteiger partial charge < -0.3 is 10.2 Å². The fourth-order valence-electron chi connectivity index (χ4n) is 4.33. The zero-order valence-corrected chi connectivity index (χ0v) is 18.3. The first-order valence-electron chi connectivity index (χ1n) is 10.6. The van der Waals surface area contributed by atoms with Gasteiger partial charge in [0, 0.05) is 31.0 Å². The second-order valence-electron chi connectivity index (χ2n) is 7.91. The van der Waals surface area contributed by atoms with Crippen molar-refractivity contribution in [3.8, 4) is 11.4 Å².